The van der Waals surface area contributed by atoms with Crippen LogP contribution in [-0.2, 0) is 5.41 Å². The van der Waals surface area contributed by atoms with Crippen molar-refractivity contribution in [3.63, 3.8) is 0 Å². The van der Waals surface area contributed by atoms with Crippen molar-refractivity contribution in [2.24, 2.45) is 0 Å². The summed E-state index contributed by atoms with van der Waals surface area (Å²) in [4.78, 5) is 5.06. The maximum Gasteiger partial charge on any atom is 0.0736 e. The molecule has 0 saturated carbocycles. The lowest BCUT2D eigenvalue weighted by molar-refractivity contribution is 0.707. The molecule has 2 aliphatic rings. The molecule has 14 rings (SSSR count). The molecule has 0 radical (unpaired) electrons. The largest absolute Gasteiger partial charge is 0.310 e. The predicted octanol–water partition coefficient (Wildman–Crippen LogP) is 16.6. The van der Waals surface area contributed by atoms with Crippen LogP contribution < -0.4 is 4.90 Å². The number of para-hydroxylation sites is 2. The average molecular weight is 837 g/mol. The fraction of sp³-hybridized carbons (Fsp3) is 0.0169. The van der Waals surface area contributed by atoms with Gasteiger partial charge >= 0.3 is 0 Å². The number of hydrogen-bond acceptors (Lipinski definition) is 3. The number of fused-ring (bicyclic) bond motifs is 14. The second-order valence-corrected chi connectivity index (χ2v) is 19.0. The Morgan fingerprint density at radius 3 is 1.86 bits per heavy atom. The molecule has 0 N–H and O–H groups in total. The Bertz CT molecular complexity index is 3810. The van der Waals surface area contributed by atoms with E-state index in [4.69, 9.17) is 0 Å². The monoisotopic (exact) mass is 836 g/mol. The molecule has 1 aliphatic heterocycles. The molecular formula is C59H36N2S2. The summed E-state index contributed by atoms with van der Waals surface area (Å²) < 4.78 is 5.08. The molecule has 1 spiro atoms. The maximum absolute atomic E-state index is 2.51. The summed E-state index contributed by atoms with van der Waals surface area (Å²) in [6.07, 6.45) is 0. The number of nitrogens with zero attached hydrogens (tertiary/aromatic N) is 2. The van der Waals surface area contributed by atoms with Crippen LogP contribution in [0.5, 0.6) is 0 Å². The molecule has 0 unspecified atom stereocenters. The van der Waals surface area contributed by atoms with Crippen LogP contribution in [0.15, 0.2) is 228 Å². The van der Waals surface area contributed by atoms with Crippen molar-refractivity contribution >= 4 is 92.9 Å². The van der Waals surface area contributed by atoms with Gasteiger partial charge in [0.25, 0.3) is 0 Å². The Kier molecular flexibility index (Phi) is 7.45. The second kappa shape index (κ2) is 13.3. The highest BCUT2D eigenvalue weighted by atomic mass is 32.2. The highest BCUT2D eigenvalue weighted by Crippen LogP contribution is 2.62. The SMILES string of the molecule is c1ccc(N(c2ccc3c(c2)C2(c4ccccc4Sc4ccccc42)c2cccc4cccc-3c24)c2ccc3c4ccccc4n(-c4ccc5c(c4)sc4ccccc45)c3c2)cc1. The van der Waals surface area contributed by atoms with Crippen molar-refractivity contribution in [3.05, 3.63) is 241 Å². The molecule has 0 fully saturated rings. The van der Waals surface area contributed by atoms with E-state index in [0.29, 0.717) is 0 Å². The smallest absolute Gasteiger partial charge is 0.0736 e. The topological polar surface area (TPSA) is 8.17 Å². The van der Waals surface area contributed by atoms with Crippen molar-refractivity contribution in [3.8, 4) is 16.8 Å². The molecule has 10 aromatic carbocycles. The Balaban J connectivity index is 1.04. The summed E-state index contributed by atoms with van der Waals surface area (Å²) in [5.41, 5.74) is 14.2. The van der Waals surface area contributed by atoms with Gasteiger partial charge in [-0.25, -0.2) is 0 Å². The van der Waals surface area contributed by atoms with E-state index in [9.17, 15) is 0 Å². The number of anilines is 3. The first-order valence-electron chi connectivity index (χ1n) is 21.6. The number of hydrogen-bond donors (Lipinski definition) is 0. The summed E-state index contributed by atoms with van der Waals surface area (Å²) in [5, 5.41) is 7.72. The number of rotatable bonds is 4. The van der Waals surface area contributed by atoms with Gasteiger partial charge in [0.15, 0.2) is 0 Å². The molecule has 0 amide bonds. The van der Waals surface area contributed by atoms with E-state index in [1.165, 1.54) is 102 Å². The summed E-state index contributed by atoms with van der Waals surface area (Å²) in [6, 6.07) is 81.7. The van der Waals surface area contributed by atoms with Crippen molar-refractivity contribution in [2.45, 2.75) is 15.2 Å². The first-order chi connectivity index (χ1) is 31.2. The van der Waals surface area contributed by atoms with E-state index in [1.807, 2.05) is 23.1 Å². The van der Waals surface area contributed by atoms with Crippen LogP contribution in [0.3, 0.4) is 0 Å². The van der Waals surface area contributed by atoms with Gasteiger partial charge in [0, 0.05) is 63.5 Å². The first-order valence-corrected chi connectivity index (χ1v) is 23.2. The molecule has 2 nitrogen and oxygen atoms in total. The van der Waals surface area contributed by atoms with Crippen LogP contribution in [-0.4, -0.2) is 4.57 Å². The zero-order valence-corrected chi connectivity index (χ0v) is 35.6. The van der Waals surface area contributed by atoms with Gasteiger partial charge in [0.2, 0.25) is 0 Å². The van der Waals surface area contributed by atoms with Gasteiger partial charge in [-0.05, 0) is 117 Å². The number of benzene rings is 10. The molecule has 0 bridgehead atoms. The fourth-order valence-electron chi connectivity index (χ4n) is 11.1. The zero-order valence-electron chi connectivity index (χ0n) is 34.0. The minimum atomic E-state index is -0.540. The van der Waals surface area contributed by atoms with Crippen LogP contribution in [0.4, 0.5) is 17.1 Å². The highest BCUT2D eigenvalue weighted by molar-refractivity contribution is 7.99. The standard InChI is InChI=1S/C59H36N2S2/c1-2-16-38(17-3-1)60(40-29-32-44-43-18-4-8-24-52(43)61(53(44)35-40)41-30-33-46-45-19-5-9-25-54(45)62-57(46)36-41)39-28-31-42-47-20-12-14-37-15-13-23-50(58(37)47)59(51(42)34-39)48-21-6-10-26-55(48)63-56-27-11-7-22-49(56)59/h1-36H. The molecule has 0 saturated heterocycles. The number of thiophene rings is 1. The molecule has 4 heteroatoms. The predicted molar refractivity (Wildman–Crippen MR) is 267 cm³/mol. The van der Waals surface area contributed by atoms with E-state index in [1.54, 1.807) is 0 Å². The van der Waals surface area contributed by atoms with E-state index >= 15 is 0 Å². The second-order valence-electron chi connectivity index (χ2n) is 16.8. The lowest BCUT2D eigenvalue weighted by Crippen LogP contribution is -2.36. The van der Waals surface area contributed by atoms with Gasteiger partial charge in [-0.3, -0.25) is 0 Å². The molecule has 294 valence electrons. The fourth-order valence-corrected chi connectivity index (χ4v) is 13.4. The Morgan fingerprint density at radius 2 is 1.02 bits per heavy atom. The Labute approximate surface area is 372 Å². The molecule has 3 heterocycles. The summed E-state index contributed by atoms with van der Waals surface area (Å²) in [6.45, 7) is 0. The van der Waals surface area contributed by atoms with Gasteiger partial charge in [0.05, 0.1) is 16.4 Å². The van der Waals surface area contributed by atoms with Crippen LogP contribution >= 0.6 is 23.1 Å². The van der Waals surface area contributed by atoms with Crippen molar-refractivity contribution in [2.75, 3.05) is 4.90 Å². The normalized spacial score (nSPS) is 13.5. The minimum Gasteiger partial charge on any atom is -0.310 e. The zero-order chi connectivity index (χ0) is 41.2. The molecule has 0 atom stereocenters. The van der Waals surface area contributed by atoms with E-state index in [2.05, 4.69) is 228 Å². The van der Waals surface area contributed by atoms with E-state index < -0.39 is 5.41 Å². The average Bonchev–Trinajstić information content (AvgIpc) is 3.88. The Morgan fingerprint density at radius 1 is 0.381 bits per heavy atom. The van der Waals surface area contributed by atoms with Crippen molar-refractivity contribution in [1.82, 2.24) is 4.57 Å². The van der Waals surface area contributed by atoms with Crippen molar-refractivity contribution in [1.29, 1.82) is 0 Å². The summed E-state index contributed by atoms with van der Waals surface area (Å²) in [7, 11) is 0. The third-order valence-electron chi connectivity index (χ3n) is 13.6. The van der Waals surface area contributed by atoms with Gasteiger partial charge in [0.1, 0.15) is 0 Å². The molecule has 63 heavy (non-hydrogen) atoms. The van der Waals surface area contributed by atoms with Crippen LogP contribution in [0, 0.1) is 0 Å². The molecular weight excluding hydrogens is 801 g/mol. The third-order valence-corrected chi connectivity index (χ3v) is 15.9. The Hall–Kier alpha value is -7.37. The summed E-state index contributed by atoms with van der Waals surface area (Å²) in [5.74, 6) is 0. The summed E-state index contributed by atoms with van der Waals surface area (Å²) >= 11 is 3.76. The maximum atomic E-state index is 2.51. The lowest BCUT2D eigenvalue weighted by atomic mass is 9.59. The molecule has 2 aromatic heterocycles. The quantitative estimate of drug-likeness (QED) is 0.174. The van der Waals surface area contributed by atoms with Crippen LogP contribution in [0.1, 0.15) is 22.3 Å². The molecule has 1 aliphatic carbocycles. The van der Waals surface area contributed by atoms with Crippen molar-refractivity contribution < 1.29 is 0 Å². The van der Waals surface area contributed by atoms with Gasteiger partial charge in [-0.1, -0.05) is 157 Å². The van der Waals surface area contributed by atoms with E-state index in [0.717, 1.165) is 17.1 Å². The van der Waals surface area contributed by atoms with Gasteiger partial charge in [-0.15, -0.1) is 11.3 Å². The van der Waals surface area contributed by atoms with Crippen LogP contribution in [0.25, 0.3) is 69.6 Å². The van der Waals surface area contributed by atoms with Gasteiger partial charge < -0.3 is 9.47 Å². The van der Waals surface area contributed by atoms with Gasteiger partial charge in [-0.2, -0.15) is 0 Å². The number of aromatic nitrogens is 1. The minimum absolute atomic E-state index is 0.540. The van der Waals surface area contributed by atoms with Crippen LogP contribution in [0.2, 0.25) is 0 Å². The molecule has 12 aromatic rings. The van der Waals surface area contributed by atoms with E-state index in [-0.39, 0.29) is 0 Å². The lowest BCUT2D eigenvalue weighted by Gasteiger charge is -2.46. The third kappa shape index (κ3) is 4.91. The first kappa shape index (κ1) is 35.2. The highest BCUT2D eigenvalue weighted by Gasteiger charge is 2.48.